The van der Waals surface area contributed by atoms with Gasteiger partial charge in [0.1, 0.15) is 0 Å². The number of piperazine rings is 1. The molecule has 0 aromatic rings. The van der Waals surface area contributed by atoms with Gasteiger partial charge in [-0.25, -0.2) is 0 Å². The minimum Gasteiger partial charge on any atom is -0.312 e. The molecule has 14 heavy (non-hydrogen) atoms. The predicted octanol–water partition coefficient (Wildman–Crippen LogP) is 1.81. The van der Waals surface area contributed by atoms with Gasteiger partial charge in [0.25, 0.3) is 0 Å². The number of thioether (sulfide) groups is 1. The molecule has 1 atom stereocenters. The molecule has 0 aliphatic carbocycles. The van der Waals surface area contributed by atoms with Gasteiger partial charge in [0.2, 0.25) is 0 Å². The third-order valence-corrected chi connectivity index (χ3v) is 3.47. The van der Waals surface area contributed by atoms with Gasteiger partial charge in [0.05, 0.1) is 0 Å². The molecule has 0 amide bonds. The van der Waals surface area contributed by atoms with Gasteiger partial charge < -0.3 is 10.2 Å². The van der Waals surface area contributed by atoms with Crippen LogP contribution in [0.15, 0.2) is 0 Å². The van der Waals surface area contributed by atoms with E-state index < -0.39 is 0 Å². The third-order valence-electron chi connectivity index (χ3n) is 2.78. The van der Waals surface area contributed by atoms with Crippen LogP contribution in [0.5, 0.6) is 0 Å². The smallest absolute Gasteiger partial charge is 0.0167 e. The molecule has 84 valence electrons. The average molecular weight is 216 g/mol. The lowest BCUT2D eigenvalue weighted by Crippen LogP contribution is -2.49. The lowest BCUT2D eigenvalue weighted by Gasteiger charge is -2.31. The minimum atomic E-state index is 0.690. The van der Waals surface area contributed by atoms with E-state index in [0.29, 0.717) is 6.04 Å². The molecule has 0 saturated carbocycles. The summed E-state index contributed by atoms with van der Waals surface area (Å²) in [6.45, 7) is 7.24. The van der Waals surface area contributed by atoms with Crippen molar-refractivity contribution < 1.29 is 0 Å². The lowest BCUT2D eigenvalue weighted by molar-refractivity contribution is 0.204. The van der Waals surface area contributed by atoms with Crippen LogP contribution in [-0.4, -0.2) is 49.1 Å². The topological polar surface area (TPSA) is 15.3 Å². The molecule has 3 heteroatoms. The summed E-state index contributed by atoms with van der Waals surface area (Å²) in [4.78, 5) is 2.60. The van der Waals surface area contributed by atoms with E-state index in [0.717, 1.165) is 0 Å². The molecule has 0 spiro atoms. The number of hydrogen-bond acceptors (Lipinski definition) is 3. The fourth-order valence-corrected chi connectivity index (χ4v) is 2.47. The lowest BCUT2D eigenvalue weighted by atomic mass is 10.2. The highest BCUT2D eigenvalue weighted by Crippen LogP contribution is 2.05. The van der Waals surface area contributed by atoms with Crippen LogP contribution in [0.2, 0.25) is 0 Å². The van der Waals surface area contributed by atoms with Crippen LogP contribution in [-0.2, 0) is 0 Å². The van der Waals surface area contributed by atoms with Crippen molar-refractivity contribution in [2.24, 2.45) is 0 Å². The Morgan fingerprint density at radius 1 is 1.36 bits per heavy atom. The molecule has 1 aliphatic heterocycles. The van der Waals surface area contributed by atoms with Crippen molar-refractivity contribution in [1.29, 1.82) is 0 Å². The van der Waals surface area contributed by atoms with Crippen LogP contribution in [0.1, 0.15) is 26.2 Å². The standard InChI is InChI=1S/C11H24N2S/c1-11-10-13(8-6-12-11)7-4-3-5-9-14-2/h11-12H,3-10H2,1-2H3. The summed E-state index contributed by atoms with van der Waals surface area (Å²) in [5.41, 5.74) is 0. The fraction of sp³-hybridized carbons (Fsp3) is 1.00. The number of rotatable bonds is 6. The molecule has 0 aromatic heterocycles. The van der Waals surface area contributed by atoms with Crippen LogP contribution in [0, 0.1) is 0 Å². The van der Waals surface area contributed by atoms with E-state index in [1.807, 2.05) is 11.8 Å². The second-order valence-electron chi connectivity index (χ2n) is 4.21. The molecule has 0 bridgehead atoms. The first-order valence-corrected chi connectivity index (χ1v) is 7.17. The van der Waals surface area contributed by atoms with Gasteiger partial charge in [0, 0.05) is 25.7 Å². The zero-order chi connectivity index (χ0) is 10.2. The maximum atomic E-state index is 3.48. The minimum absolute atomic E-state index is 0.690. The summed E-state index contributed by atoms with van der Waals surface area (Å²) in [7, 11) is 0. The van der Waals surface area contributed by atoms with Gasteiger partial charge in [-0.3, -0.25) is 0 Å². The summed E-state index contributed by atoms with van der Waals surface area (Å²) in [6.07, 6.45) is 6.37. The van der Waals surface area contributed by atoms with Gasteiger partial charge in [-0.1, -0.05) is 6.42 Å². The first kappa shape index (κ1) is 12.3. The number of nitrogens with zero attached hydrogens (tertiary/aromatic N) is 1. The largest absolute Gasteiger partial charge is 0.312 e. The van der Waals surface area contributed by atoms with E-state index in [2.05, 4.69) is 23.4 Å². The number of nitrogens with one attached hydrogen (secondary N) is 1. The van der Waals surface area contributed by atoms with E-state index in [-0.39, 0.29) is 0 Å². The first-order valence-electron chi connectivity index (χ1n) is 5.77. The normalized spacial score (nSPS) is 24.0. The van der Waals surface area contributed by atoms with Crippen LogP contribution in [0.3, 0.4) is 0 Å². The van der Waals surface area contributed by atoms with E-state index in [4.69, 9.17) is 0 Å². The number of hydrogen-bond donors (Lipinski definition) is 1. The molecule has 1 rings (SSSR count). The molecule has 2 nitrogen and oxygen atoms in total. The fourth-order valence-electron chi connectivity index (χ4n) is 1.97. The maximum Gasteiger partial charge on any atom is 0.0167 e. The van der Waals surface area contributed by atoms with Gasteiger partial charge >= 0.3 is 0 Å². The van der Waals surface area contributed by atoms with Crippen molar-refractivity contribution >= 4 is 11.8 Å². The molecule has 1 heterocycles. The summed E-state index contributed by atoms with van der Waals surface area (Å²) < 4.78 is 0. The molecular weight excluding hydrogens is 192 g/mol. The Labute approximate surface area is 92.8 Å². The Balaban J connectivity index is 1.95. The molecule has 1 N–H and O–H groups in total. The molecule has 0 radical (unpaired) electrons. The molecular formula is C11H24N2S. The van der Waals surface area contributed by atoms with Gasteiger partial charge in [-0.15, -0.1) is 0 Å². The second kappa shape index (κ2) is 7.55. The zero-order valence-electron chi connectivity index (χ0n) is 9.59. The van der Waals surface area contributed by atoms with Crippen molar-refractivity contribution in [2.45, 2.75) is 32.2 Å². The first-order chi connectivity index (χ1) is 6.83. The van der Waals surface area contributed by atoms with E-state index in [9.17, 15) is 0 Å². The van der Waals surface area contributed by atoms with Crippen LogP contribution in [0.4, 0.5) is 0 Å². The Morgan fingerprint density at radius 2 is 2.21 bits per heavy atom. The van der Waals surface area contributed by atoms with Crippen molar-refractivity contribution in [1.82, 2.24) is 10.2 Å². The molecule has 1 unspecified atom stereocenters. The van der Waals surface area contributed by atoms with E-state index in [1.54, 1.807) is 0 Å². The predicted molar refractivity (Wildman–Crippen MR) is 66.1 cm³/mol. The van der Waals surface area contributed by atoms with Crippen LogP contribution >= 0.6 is 11.8 Å². The number of unbranched alkanes of at least 4 members (excludes halogenated alkanes) is 2. The monoisotopic (exact) mass is 216 g/mol. The van der Waals surface area contributed by atoms with Crippen molar-refractivity contribution in [3.8, 4) is 0 Å². The molecule has 1 aliphatic rings. The summed E-state index contributed by atoms with van der Waals surface area (Å²) in [5, 5.41) is 3.48. The van der Waals surface area contributed by atoms with E-state index >= 15 is 0 Å². The molecule has 1 saturated heterocycles. The van der Waals surface area contributed by atoms with Crippen LogP contribution < -0.4 is 5.32 Å². The Bertz CT molecular complexity index is 141. The highest BCUT2D eigenvalue weighted by molar-refractivity contribution is 7.98. The Kier molecular flexibility index (Phi) is 6.65. The van der Waals surface area contributed by atoms with Crippen molar-refractivity contribution in [3.05, 3.63) is 0 Å². The van der Waals surface area contributed by atoms with Crippen molar-refractivity contribution in [3.63, 3.8) is 0 Å². The maximum absolute atomic E-state index is 3.48. The quantitative estimate of drug-likeness (QED) is 0.682. The zero-order valence-corrected chi connectivity index (χ0v) is 10.4. The van der Waals surface area contributed by atoms with Crippen LogP contribution in [0.25, 0.3) is 0 Å². The average Bonchev–Trinajstić information content (AvgIpc) is 2.18. The SMILES string of the molecule is CSCCCCCN1CCNC(C)C1. The third kappa shape index (κ3) is 5.23. The van der Waals surface area contributed by atoms with Gasteiger partial charge in [0.15, 0.2) is 0 Å². The Hall–Kier alpha value is 0.270. The summed E-state index contributed by atoms with van der Waals surface area (Å²) in [6, 6.07) is 0.690. The molecule has 0 aromatic carbocycles. The summed E-state index contributed by atoms with van der Waals surface area (Å²) in [5.74, 6) is 1.33. The highest BCUT2D eigenvalue weighted by atomic mass is 32.2. The van der Waals surface area contributed by atoms with Crippen molar-refractivity contribution in [2.75, 3.05) is 38.2 Å². The second-order valence-corrected chi connectivity index (χ2v) is 5.19. The van der Waals surface area contributed by atoms with E-state index in [1.165, 1.54) is 51.2 Å². The highest BCUT2D eigenvalue weighted by Gasteiger charge is 2.14. The molecule has 1 fully saturated rings. The van der Waals surface area contributed by atoms with Gasteiger partial charge in [-0.2, -0.15) is 11.8 Å². The van der Waals surface area contributed by atoms with Gasteiger partial charge in [-0.05, 0) is 38.3 Å². The Morgan fingerprint density at radius 3 is 2.93 bits per heavy atom. The summed E-state index contributed by atoms with van der Waals surface area (Å²) >= 11 is 1.96.